The Morgan fingerprint density at radius 1 is 1.47 bits per heavy atom. The molecule has 0 saturated carbocycles. The zero-order chi connectivity index (χ0) is 13.5. The van der Waals surface area contributed by atoms with Crippen molar-refractivity contribution in [3.63, 3.8) is 0 Å². The van der Waals surface area contributed by atoms with E-state index in [1.165, 1.54) is 0 Å². The molecule has 0 aromatic carbocycles. The Hall–Kier alpha value is -1.73. The molecule has 0 aliphatic heterocycles. The van der Waals surface area contributed by atoms with Crippen LogP contribution >= 0.6 is 0 Å². The molecule has 0 aliphatic rings. The van der Waals surface area contributed by atoms with Crippen molar-refractivity contribution in [2.75, 3.05) is 6.61 Å². The Kier molecular flexibility index (Phi) is 5.05. The van der Waals surface area contributed by atoms with Gasteiger partial charge in [-0.2, -0.15) is 0 Å². The van der Waals surface area contributed by atoms with Crippen molar-refractivity contribution < 1.29 is 5.11 Å². The van der Waals surface area contributed by atoms with Gasteiger partial charge in [0.25, 0.3) is 0 Å². The van der Waals surface area contributed by atoms with E-state index < -0.39 is 0 Å². The third-order valence-corrected chi connectivity index (χ3v) is 2.81. The first-order valence-electron chi connectivity index (χ1n) is 6.47. The van der Waals surface area contributed by atoms with Crippen LogP contribution < -0.4 is 5.32 Å². The lowest BCUT2D eigenvalue weighted by atomic mass is 10.3. The number of hydrogen-bond acceptors (Lipinski definition) is 5. The van der Waals surface area contributed by atoms with E-state index >= 15 is 0 Å². The van der Waals surface area contributed by atoms with Crippen molar-refractivity contribution in [3.05, 3.63) is 30.6 Å². The quantitative estimate of drug-likeness (QED) is 0.703. The largest absolute Gasteiger partial charge is 0.396 e. The van der Waals surface area contributed by atoms with Gasteiger partial charge in [-0.1, -0.05) is 5.21 Å². The second-order valence-electron chi connectivity index (χ2n) is 4.59. The molecular formula is C12H20N6O. The van der Waals surface area contributed by atoms with Crippen molar-refractivity contribution in [1.82, 2.24) is 29.9 Å². The first-order valence-corrected chi connectivity index (χ1v) is 6.47. The highest BCUT2D eigenvalue weighted by Crippen LogP contribution is 1.97. The van der Waals surface area contributed by atoms with Gasteiger partial charge < -0.3 is 15.0 Å². The summed E-state index contributed by atoms with van der Waals surface area (Å²) in [5.41, 5.74) is 0.912. The van der Waals surface area contributed by atoms with E-state index in [0.717, 1.165) is 12.2 Å². The summed E-state index contributed by atoms with van der Waals surface area (Å²) in [6.45, 7) is 4.56. The van der Waals surface area contributed by atoms with E-state index in [4.69, 9.17) is 5.11 Å². The van der Waals surface area contributed by atoms with Crippen LogP contribution in [0, 0.1) is 0 Å². The average molecular weight is 264 g/mol. The summed E-state index contributed by atoms with van der Waals surface area (Å²) in [5.74, 6) is 0. The number of nitrogens with zero attached hydrogens (tertiary/aromatic N) is 5. The highest BCUT2D eigenvalue weighted by molar-refractivity contribution is 4.92. The number of aliphatic hydroxyl groups is 1. The van der Waals surface area contributed by atoms with E-state index in [-0.39, 0.29) is 6.61 Å². The summed E-state index contributed by atoms with van der Waals surface area (Å²) in [5, 5.41) is 20.2. The molecule has 0 amide bonds. The lowest BCUT2D eigenvalue weighted by Crippen LogP contribution is -2.29. The van der Waals surface area contributed by atoms with Gasteiger partial charge in [-0.15, -0.1) is 5.10 Å². The molecule has 0 radical (unpaired) electrons. The molecule has 2 rings (SSSR count). The fourth-order valence-electron chi connectivity index (χ4n) is 1.82. The fourth-order valence-corrected chi connectivity index (χ4v) is 1.82. The van der Waals surface area contributed by atoms with Gasteiger partial charge in [0, 0.05) is 50.9 Å². The van der Waals surface area contributed by atoms with E-state index in [1.54, 1.807) is 10.9 Å². The van der Waals surface area contributed by atoms with Crippen LogP contribution in [0.5, 0.6) is 0 Å². The number of aliphatic hydroxyl groups excluding tert-OH is 1. The monoisotopic (exact) mass is 264 g/mol. The summed E-state index contributed by atoms with van der Waals surface area (Å²) in [6.07, 6.45) is 8.14. The van der Waals surface area contributed by atoms with E-state index in [0.29, 0.717) is 25.6 Å². The molecule has 0 fully saturated rings. The SMILES string of the molecule is CC(Cn1ccnc1)NCc1cn(CCCO)nn1. The van der Waals surface area contributed by atoms with E-state index in [1.807, 2.05) is 23.3 Å². The predicted octanol–water partition coefficient (Wildman–Crippen LogP) is 0.0353. The number of nitrogens with one attached hydrogen (secondary N) is 1. The molecule has 2 aromatic heterocycles. The Morgan fingerprint density at radius 2 is 2.37 bits per heavy atom. The first kappa shape index (κ1) is 13.7. The van der Waals surface area contributed by atoms with Gasteiger partial charge >= 0.3 is 0 Å². The van der Waals surface area contributed by atoms with Crippen molar-refractivity contribution in [3.8, 4) is 0 Å². The Bertz CT molecular complexity index is 466. The van der Waals surface area contributed by atoms with Crippen LogP contribution in [0.25, 0.3) is 0 Å². The second-order valence-corrected chi connectivity index (χ2v) is 4.59. The number of imidazole rings is 1. The fraction of sp³-hybridized carbons (Fsp3) is 0.583. The molecule has 2 aromatic rings. The second kappa shape index (κ2) is 7.01. The molecule has 7 heteroatoms. The van der Waals surface area contributed by atoms with Crippen LogP contribution in [-0.4, -0.2) is 42.3 Å². The summed E-state index contributed by atoms with van der Waals surface area (Å²) < 4.78 is 3.80. The third-order valence-electron chi connectivity index (χ3n) is 2.81. The highest BCUT2D eigenvalue weighted by atomic mass is 16.3. The van der Waals surface area contributed by atoms with Crippen LogP contribution in [-0.2, 0) is 19.6 Å². The van der Waals surface area contributed by atoms with Gasteiger partial charge in [-0.25, -0.2) is 4.98 Å². The molecule has 0 aliphatic carbocycles. The molecule has 2 heterocycles. The van der Waals surface area contributed by atoms with Gasteiger partial charge in [0.05, 0.1) is 12.0 Å². The minimum absolute atomic E-state index is 0.176. The maximum Gasteiger partial charge on any atom is 0.0964 e. The lowest BCUT2D eigenvalue weighted by molar-refractivity contribution is 0.276. The number of rotatable bonds is 8. The zero-order valence-corrected chi connectivity index (χ0v) is 11.1. The molecule has 0 bridgehead atoms. The number of hydrogen-bond donors (Lipinski definition) is 2. The normalized spacial score (nSPS) is 12.7. The third kappa shape index (κ3) is 4.46. The Morgan fingerprint density at radius 3 is 3.11 bits per heavy atom. The van der Waals surface area contributed by atoms with Crippen molar-refractivity contribution in [1.29, 1.82) is 0 Å². The van der Waals surface area contributed by atoms with E-state index in [2.05, 4.69) is 27.5 Å². The van der Waals surface area contributed by atoms with Gasteiger partial charge in [0.1, 0.15) is 0 Å². The molecule has 0 spiro atoms. The van der Waals surface area contributed by atoms with Crippen LogP contribution in [0.15, 0.2) is 24.9 Å². The zero-order valence-electron chi connectivity index (χ0n) is 11.1. The van der Waals surface area contributed by atoms with Crippen molar-refractivity contribution in [2.45, 2.75) is 39.0 Å². The van der Waals surface area contributed by atoms with Crippen LogP contribution in [0.3, 0.4) is 0 Å². The van der Waals surface area contributed by atoms with Gasteiger partial charge in [-0.05, 0) is 13.3 Å². The Labute approximate surface area is 112 Å². The number of aromatic nitrogens is 5. The standard InChI is InChI=1S/C12H20N6O/c1-11(8-17-5-3-13-10-17)14-7-12-9-18(16-15-12)4-2-6-19/h3,5,9-11,14,19H,2,4,6-8H2,1H3. The topological polar surface area (TPSA) is 80.8 Å². The highest BCUT2D eigenvalue weighted by Gasteiger charge is 2.05. The lowest BCUT2D eigenvalue weighted by Gasteiger charge is -2.12. The summed E-state index contributed by atoms with van der Waals surface area (Å²) in [7, 11) is 0. The molecule has 2 N–H and O–H groups in total. The molecule has 19 heavy (non-hydrogen) atoms. The summed E-state index contributed by atoms with van der Waals surface area (Å²) in [6, 6.07) is 0.330. The maximum absolute atomic E-state index is 8.75. The minimum Gasteiger partial charge on any atom is -0.396 e. The summed E-state index contributed by atoms with van der Waals surface area (Å²) in [4.78, 5) is 4.01. The van der Waals surface area contributed by atoms with Gasteiger partial charge in [0.2, 0.25) is 0 Å². The minimum atomic E-state index is 0.176. The van der Waals surface area contributed by atoms with E-state index in [9.17, 15) is 0 Å². The van der Waals surface area contributed by atoms with Gasteiger partial charge in [0.15, 0.2) is 0 Å². The van der Waals surface area contributed by atoms with Gasteiger partial charge in [-0.3, -0.25) is 4.68 Å². The first-order chi connectivity index (χ1) is 9.28. The molecule has 7 nitrogen and oxygen atoms in total. The molecule has 1 atom stereocenters. The van der Waals surface area contributed by atoms with Crippen LogP contribution in [0.2, 0.25) is 0 Å². The molecule has 0 saturated heterocycles. The molecule has 1 unspecified atom stereocenters. The Balaban J connectivity index is 1.73. The predicted molar refractivity (Wildman–Crippen MR) is 70.3 cm³/mol. The summed E-state index contributed by atoms with van der Waals surface area (Å²) >= 11 is 0. The van der Waals surface area contributed by atoms with Crippen molar-refractivity contribution in [2.24, 2.45) is 0 Å². The average Bonchev–Trinajstić information content (AvgIpc) is 3.05. The maximum atomic E-state index is 8.75. The van der Waals surface area contributed by atoms with Crippen molar-refractivity contribution >= 4 is 0 Å². The molecule has 104 valence electrons. The number of aryl methyl sites for hydroxylation is 1. The molecular weight excluding hydrogens is 244 g/mol. The van der Waals surface area contributed by atoms with Crippen LogP contribution in [0.4, 0.5) is 0 Å². The smallest absolute Gasteiger partial charge is 0.0964 e. The van der Waals surface area contributed by atoms with Crippen LogP contribution in [0.1, 0.15) is 19.0 Å².